The lowest BCUT2D eigenvalue weighted by atomic mass is 10.4. The van der Waals surface area contributed by atoms with Crippen LogP contribution in [0.4, 0.5) is 26.3 Å². The summed E-state index contributed by atoms with van der Waals surface area (Å²) < 4.78 is 80.8. The van der Waals surface area contributed by atoms with Crippen LogP contribution in [-0.4, -0.2) is 39.2 Å². The smallest absolute Gasteiger partial charge is 0.370 e. The minimum atomic E-state index is -4.93. The van der Waals surface area contributed by atoms with Crippen molar-refractivity contribution in [2.75, 3.05) is 20.5 Å². The Morgan fingerprint density at radius 2 is 1.19 bits per heavy atom. The monoisotopic (exact) mass is 338 g/mol. The first-order chi connectivity index (χ1) is 6.67. The zero-order valence-corrected chi connectivity index (χ0v) is 7.48. The number of alkyl halides is 6. The third-order valence-electron chi connectivity index (χ3n) is 1.22. The highest BCUT2D eigenvalue weighted by Crippen LogP contribution is 2.23. The molecule has 1 unspecified atom stereocenters. The lowest BCUT2D eigenvalue weighted by Gasteiger charge is -2.18. The van der Waals surface area contributed by atoms with E-state index < -0.39 is 32.0 Å². The second-order valence-electron chi connectivity index (χ2n) is 2.34. The van der Waals surface area contributed by atoms with Crippen LogP contribution in [0.15, 0.2) is 0 Å². The number of methoxy groups -OCH3 is 1. The van der Waals surface area contributed by atoms with Gasteiger partial charge >= 0.3 is 12.5 Å². The van der Waals surface area contributed by atoms with Gasteiger partial charge in [-0.1, -0.05) is 44.6 Å². The van der Waals surface area contributed by atoms with Crippen molar-refractivity contribution in [3.8, 4) is 0 Å². The summed E-state index contributed by atoms with van der Waals surface area (Å²) in [4.78, 5) is 0. The van der Waals surface area contributed by atoms with E-state index >= 15 is 0 Å². The quantitative estimate of drug-likeness (QED) is 0.355. The van der Waals surface area contributed by atoms with Crippen LogP contribution in [0.5, 0.6) is 0 Å². The Kier molecular flexibility index (Phi) is 35.7. The van der Waals surface area contributed by atoms with Crippen LogP contribution in [0.2, 0.25) is 0 Å². The van der Waals surface area contributed by atoms with Gasteiger partial charge in [-0.2, -0.15) is 13.2 Å². The molecule has 0 aliphatic heterocycles. The molecule has 0 N–H and O–H groups in total. The molecule has 140 valence electrons. The number of rotatable bonds is 5. The number of halogens is 6. The highest BCUT2D eigenvalue weighted by atomic mass is 19.4. The molecular weight excluding hydrogens is 306 g/mol. The van der Waals surface area contributed by atoms with Crippen molar-refractivity contribution < 1.29 is 40.6 Å². The molecule has 0 aromatic heterocycles. The Hall–Kier alpha value is -0.540. The molecule has 0 amide bonds. The maximum Gasteiger partial charge on any atom is 0.524 e. The molecule has 0 saturated heterocycles. The normalized spacial score (nSPS) is 11.0. The van der Waals surface area contributed by atoms with Gasteiger partial charge in [0.2, 0.25) is 0 Å². The van der Waals surface area contributed by atoms with E-state index in [0.717, 1.165) is 7.11 Å². The third-order valence-corrected chi connectivity index (χ3v) is 1.22. The molecule has 0 aliphatic carbocycles. The van der Waals surface area contributed by atoms with E-state index in [-0.39, 0.29) is 44.6 Å². The maximum atomic E-state index is 11.9. The van der Waals surface area contributed by atoms with E-state index in [9.17, 15) is 26.3 Å². The van der Waals surface area contributed by atoms with Gasteiger partial charge in [0.15, 0.2) is 12.9 Å². The van der Waals surface area contributed by atoms with Crippen LogP contribution in [0.25, 0.3) is 0 Å². The van der Waals surface area contributed by atoms with Gasteiger partial charge in [-0.15, -0.1) is 13.2 Å². The largest absolute Gasteiger partial charge is 0.524 e. The Bertz CT molecular complexity index is 183. The molecule has 0 spiro atoms. The Morgan fingerprint density at radius 1 is 0.810 bits per heavy atom. The fourth-order valence-electron chi connectivity index (χ4n) is 0.560. The van der Waals surface area contributed by atoms with E-state index in [2.05, 4.69) is 14.2 Å². The third kappa shape index (κ3) is 24.8. The average Bonchev–Trinajstić information content (AvgIpc) is 1.99. The molecule has 0 aromatic rings. The summed E-state index contributed by atoms with van der Waals surface area (Å²) in [6, 6.07) is 0. The molecule has 21 heavy (non-hydrogen) atoms. The molecular formula is C12H32F6O3. The molecule has 0 rings (SSSR count). The molecule has 3 nitrogen and oxygen atoms in total. The second-order valence-corrected chi connectivity index (χ2v) is 2.34. The fraction of sp³-hybridized carbons (Fsp3) is 1.00. The SMILES string of the molecule is C.C.C.C.C.C.COC(COCOC(F)(F)F)C(F)(F)F. The van der Waals surface area contributed by atoms with E-state index in [1.54, 1.807) is 0 Å². The van der Waals surface area contributed by atoms with Gasteiger partial charge in [0, 0.05) is 7.11 Å². The molecule has 0 heterocycles. The van der Waals surface area contributed by atoms with Gasteiger partial charge in [-0.3, -0.25) is 4.74 Å². The van der Waals surface area contributed by atoms with Gasteiger partial charge in [-0.25, -0.2) is 0 Å². The van der Waals surface area contributed by atoms with Crippen LogP contribution >= 0.6 is 0 Å². The van der Waals surface area contributed by atoms with Crippen molar-refractivity contribution in [2.24, 2.45) is 0 Å². The first kappa shape index (κ1) is 42.8. The highest BCUT2D eigenvalue weighted by Gasteiger charge is 2.40. The molecule has 0 saturated carbocycles. The van der Waals surface area contributed by atoms with Crippen LogP contribution in [0.3, 0.4) is 0 Å². The molecule has 9 heteroatoms. The highest BCUT2D eigenvalue weighted by molar-refractivity contribution is 4.65. The first-order valence-electron chi connectivity index (χ1n) is 3.54. The van der Waals surface area contributed by atoms with E-state index in [4.69, 9.17) is 0 Å². The van der Waals surface area contributed by atoms with Gasteiger partial charge < -0.3 is 9.47 Å². The Labute approximate surface area is 125 Å². The average molecular weight is 338 g/mol. The number of hydrogen-bond donors (Lipinski definition) is 0. The van der Waals surface area contributed by atoms with Crippen LogP contribution in [-0.2, 0) is 14.2 Å². The van der Waals surface area contributed by atoms with Crippen molar-refractivity contribution in [1.82, 2.24) is 0 Å². The minimum Gasteiger partial charge on any atom is -0.370 e. The van der Waals surface area contributed by atoms with Crippen molar-refractivity contribution in [1.29, 1.82) is 0 Å². The van der Waals surface area contributed by atoms with Gasteiger partial charge in [0.25, 0.3) is 0 Å². The summed E-state index contributed by atoms with van der Waals surface area (Å²) in [5, 5.41) is 0. The molecule has 0 radical (unpaired) electrons. The standard InChI is InChI=1S/C6H8F6O3.6CH4/c1-13-4(5(7,8)9)2-14-3-15-6(10,11)12;;;;;;/h4H,2-3H2,1H3;6*1H4. The lowest BCUT2D eigenvalue weighted by Crippen LogP contribution is -2.35. The summed E-state index contributed by atoms with van der Waals surface area (Å²) in [5.74, 6) is 0. The molecule has 1 atom stereocenters. The van der Waals surface area contributed by atoms with Gasteiger partial charge in [0.05, 0.1) is 6.61 Å². The van der Waals surface area contributed by atoms with Crippen molar-refractivity contribution in [3.63, 3.8) is 0 Å². The van der Waals surface area contributed by atoms with Crippen molar-refractivity contribution in [2.45, 2.75) is 63.2 Å². The zero-order chi connectivity index (χ0) is 12.1. The summed E-state index contributed by atoms with van der Waals surface area (Å²) in [6.45, 7) is -2.37. The van der Waals surface area contributed by atoms with Crippen LogP contribution < -0.4 is 0 Å². The van der Waals surface area contributed by atoms with Crippen molar-refractivity contribution in [3.05, 3.63) is 0 Å². The van der Waals surface area contributed by atoms with Gasteiger partial charge in [0.1, 0.15) is 0 Å². The summed E-state index contributed by atoms with van der Waals surface area (Å²) >= 11 is 0. The zero-order valence-electron chi connectivity index (χ0n) is 7.48. The molecule has 0 fully saturated rings. The topological polar surface area (TPSA) is 27.7 Å². The summed E-state index contributed by atoms with van der Waals surface area (Å²) in [6.07, 6.45) is -11.9. The molecule has 0 bridgehead atoms. The Morgan fingerprint density at radius 3 is 1.43 bits per heavy atom. The minimum absolute atomic E-state index is 0. The maximum absolute atomic E-state index is 11.9. The van der Waals surface area contributed by atoms with Gasteiger partial charge in [-0.05, 0) is 0 Å². The van der Waals surface area contributed by atoms with E-state index in [1.165, 1.54) is 0 Å². The predicted octanol–water partition coefficient (Wildman–Crippen LogP) is 5.89. The number of hydrogen-bond acceptors (Lipinski definition) is 3. The van der Waals surface area contributed by atoms with E-state index in [0.29, 0.717) is 0 Å². The molecule has 0 aliphatic rings. The summed E-state index contributed by atoms with van der Waals surface area (Å²) in [5.41, 5.74) is 0. The molecule has 0 aromatic carbocycles. The van der Waals surface area contributed by atoms with E-state index in [1.807, 2.05) is 0 Å². The van der Waals surface area contributed by atoms with Crippen LogP contribution in [0, 0.1) is 0 Å². The Balaban J connectivity index is -0.0000000653. The van der Waals surface area contributed by atoms with Crippen LogP contribution in [0.1, 0.15) is 44.6 Å². The first-order valence-corrected chi connectivity index (χ1v) is 3.54. The number of ether oxygens (including phenoxy) is 3. The van der Waals surface area contributed by atoms with Crippen molar-refractivity contribution >= 4 is 0 Å². The predicted molar refractivity (Wildman–Crippen MR) is 75.2 cm³/mol. The summed E-state index contributed by atoms with van der Waals surface area (Å²) in [7, 11) is 0.770. The second kappa shape index (κ2) is 17.5. The fourth-order valence-corrected chi connectivity index (χ4v) is 0.560. The lowest BCUT2D eigenvalue weighted by molar-refractivity contribution is -0.353.